The van der Waals surface area contributed by atoms with Gasteiger partial charge in [-0.25, -0.2) is 4.67 Å². The Labute approximate surface area is 152 Å². The van der Waals surface area contributed by atoms with E-state index in [1.165, 1.54) is 16.7 Å². The lowest BCUT2D eigenvalue weighted by atomic mass is 9.92. The first kappa shape index (κ1) is 18.2. The summed E-state index contributed by atoms with van der Waals surface area (Å²) in [6.45, 7) is 10.0. The molecule has 0 radical (unpaired) electrons. The lowest BCUT2D eigenvalue weighted by Crippen LogP contribution is -2.32. The fourth-order valence-electron chi connectivity index (χ4n) is 4.10. The van der Waals surface area contributed by atoms with E-state index in [4.69, 9.17) is 0 Å². The average Bonchev–Trinajstić information content (AvgIpc) is 2.62. The van der Waals surface area contributed by atoms with Gasteiger partial charge in [0.05, 0.1) is 5.66 Å². The zero-order valence-corrected chi connectivity index (χ0v) is 16.6. The van der Waals surface area contributed by atoms with Crippen LogP contribution in [0.3, 0.4) is 0 Å². The highest BCUT2D eigenvalue weighted by molar-refractivity contribution is 7.70. The molecule has 0 saturated carbocycles. The highest BCUT2D eigenvalue weighted by Gasteiger charge is 2.43. The molecule has 3 rings (SSSR count). The van der Waals surface area contributed by atoms with Gasteiger partial charge in [0, 0.05) is 18.4 Å². The smallest absolute Gasteiger partial charge is 0.190 e. The van der Waals surface area contributed by atoms with Gasteiger partial charge in [-0.05, 0) is 43.0 Å². The Kier molecular flexibility index (Phi) is 5.32. The molecule has 2 nitrogen and oxygen atoms in total. The Hall–Kier alpha value is -1.63. The Morgan fingerprint density at radius 3 is 2.32 bits per heavy atom. The minimum atomic E-state index is -2.82. The number of rotatable bonds is 5. The molecule has 2 atom stereocenters. The number of hydrogen-bond donors (Lipinski definition) is 0. The van der Waals surface area contributed by atoms with Crippen LogP contribution in [0, 0.1) is 6.92 Å². The van der Waals surface area contributed by atoms with E-state index in [0.717, 1.165) is 30.4 Å². The van der Waals surface area contributed by atoms with E-state index in [1.807, 2.05) is 12.1 Å². The van der Waals surface area contributed by atoms with Crippen molar-refractivity contribution in [3.63, 3.8) is 0 Å². The molecule has 0 aromatic heterocycles. The Morgan fingerprint density at radius 2 is 1.64 bits per heavy atom. The molecule has 0 heterocycles. The molecule has 0 spiro atoms. The zero-order valence-electron chi connectivity index (χ0n) is 15.7. The first-order chi connectivity index (χ1) is 12.0. The first-order valence-corrected chi connectivity index (χ1v) is 10.9. The summed E-state index contributed by atoms with van der Waals surface area (Å²) in [6.07, 6.45) is 3.20. The van der Waals surface area contributed by atoms with Crippen molar-refractivity contribution in [2.75, 3.05) is 13.1 Å². The van der Waals surface area contributed by atoms with Crippen molar-refractivity contribution < 1.29 is 4.57 Å². The first-order valence-electron chi connectivity index (χ1n) is 9.19. The van der Waals surface area contributed by atoms with Gasteiger partial charge in [0.15, 0.2) is 7.29 Å². The van der Waals surface area contributed by atoms with E-state index < -0.39 is 7.29 Å². The second kappa shape index (κ2) is 7.32. The monoisotopic (exact) mass is 353 g/mol. The van der Waals surface area contributed by atoms with Gasteiger partial charge in [-0.3, -0.25) is 0 Å². The molecule has 2 unspecified atom stereocenters. The third-order valence-electron chi connectivity index (χ3n) is 5.39. The number of hydrogen-bond acceptors (Lipinski definition) is 1. The summed E-state index contributed by atoms with van der Waals surface area (Å²) in [5, 5.41) is 1.01. The molecule has 0 bridgehead atoms. The number of fused-ring (bicyclic) bond motifs is 1. The largest absolute Gasteiger partial charge is 0.300 e. The summed E-state index contributed by atoms with van der Waals surface area (Å²) in [5.74, 6) is 0. The fourth-order valence-corrected chi connectivity index (χ4v) is 8.02. The highest BCUT2D eigenvalue weighted by atomic mass is 31.2. The molecule has 0 fully saturated rings. The predicted octanol–water partition coefficient (Wildman–Crippen LogP) is 5.48. The van der Waals surface area contributed by atoms with E-state index in [9.17, 15) is 4.57 Å². The molecule has 0 N–H and O–H groups in total. The Balaban J connectivity index is 2.29. The van der Waals surface area contributed by atoms with Gasteiger partial charge in [-0.2, -0.15) is 0 Å². The third kappa shape index (κ3) is 3.03. The highest BCUT2D eigenvalue weighted by Crippen LogP contribution is 2.65. The second-order valence-electron chi connectivity index (χ2n) is 6.80. The number of nitrogens with zero attached hydrogens (tertiary/aromatic N) is 1. The van der Waals surface area contributed by atoms with Crippen LogP contribution in [0.15, 0.2) is 60.2 Å². The van der Waals surface area contributed by atoms with Crippen LogP contribution in [0.4, 0.5) is 0 Å². The van der Waals surface area contributed by atoms with Crippen LogP contribution in [-0.4, -0.2) is 17.8 Å². The number of aryl methyl sites for hydroxylation is 1. The van der Waals surface area contributed by atoms with Crippen LogP contribution in [0.5, 0.6) is 0 Å². The van der Waals surface area contributed by atoms with E-state index in [-0.39, 0.29) is 5.66 Å². The molecular formula is C22H28NOP. The van der Waals surface area contributed by atoms with Gasteiger partial charge in [0.2, 0.25) is 0 Å². The van der Waals surface area contributed by atoms with Crippen LogP contribution < -0.4 is 5.30 Å². The van der Waals surface area contributed by atoms with Crippen molar-refractivity contribution in [1.82, 2.24) is 4.67 Å². The summed E-state index contributed by atoms with van der Waals surface area (Å²) < 4.78 is 17.0. The van der Waals surface area contributed by atoms with Crippen LogP contribution in [0.1, 0.15) is 43.1 Å². The van der Waals surface area contributed by atoms with Crippen LogP contribution >= 0.6 is 7.29 Å². The van der Waals surface area contributed by atoms with Crippen LogP contribution in [0.2, 0.25) is 0 Å². The number of allylic oxidation sites excluding steroid dienone is 2. The van der Waals surface area contributed by atoms with Crippen molar-refractivity contribution in [2.24, 2.45) is 0 Å². The van der Waals surface area contributed by atoms with E-state index in [2.05, 4.69) is 74.8 Å². The lowest BCUT2D eigenvalue weighted by Gasteiger charge is -2.40. The molecule has 132 valence electrons. The minimum absolute atomic E-state index is 0.0570. The third-order valence-corrected chi connectivity index (χ3v) is 9.37. The molecule has 1 aliphatic carbocycles. The summed E-state index contributed by atoms with van der Waals surface area (Å²) in [5.41, 5.74) is 4.84. The summed E-state index contributed by atoms with van der Waals surface area (Å²) in [4.78, 5) is 0. The maximum Gasteiger partial charge on any atom is 0.190 e. The molecule has 2 aromatic carbocycles. The lowest BCUT2D eigenvalue weighted by molar-refractivity contribution is 0.444. The summed E-state index contributed by atoms with van der Waals surface area (Å²) >= 11 is 0. The van der Waals surface area contributed by atoms with Gasteiger partial charge in [0.1, 0.15) is 0 Å². The molecule has 0 saturated heterocycles. The van der Waals surface area contributed by atoms with E-state index in [1.54, 1.807) is 0 Å². The maximum absolute atomic E-state index is 14.8. The molecule has 0 aliphatic heterocycles. The maximum atomic E-state index is 14.8. The van der Waals surface area contributed by atoms with Crippen LogP contribution in [0.25, 0.3) is 0 Å². The van der Waals surface area contributed by atoms with E-state index >= 15 is 0 Å². The van der Waals surface area contributed by atoms with Gasteiger partial charge in [-0.1, -0.05) is 68.0 Å². The Bertz CT molecular complexity index is 835. The second-order valence-corrected chi connectivity index (χ2v) is 9.61. The van der Waals surface area contributed by atoms with Gasteiger partial charge in [-0.15, -0.1) is 0 Å². The van der Waals surface area contributed by atoms with Crippen molar-refractivity contribution in [2.45, 2.75) is 39.8 Å². The normalized spacial score (nSPS) is 19.2. The zero-order chi connectivity index (χ0) is 18.0. The molecular weight excluding hydrogens is 325 g/mol. The fraction of sp³-hybridized carbons (Fsp3) is 0.364. The van der Waals surface area contributed by atoms with E-state index in [0.29, 0.717) is 0 Å². The molecule has 25 heavy (non-hydrogen) atoms. The number of benzene rings is 2. The summed E-state index contributed by atoms with van der Waals surface area (Å²) in [6, 6.07) is 16.7. The minimum Gasteiger partial charge on any atom is -0.300 e. The molecule has 2 aromatic rings. The predicted molar refractivity (Wildman–Crippen MR) is 108 cm³/mol. The molecule has 0 amide bonds. The SMILES string of the molecule is CCN(CC)P(=O)(c1ccccc1C)C1C(C)=CCc2ccccc21. The summed E-state index contributed by atoms with van der Waals surface area (Å²) in [7, 11) is -2.82. The quantitative estimate of drug-likeness (QED) is 0.524. The van der Waals surface area contributed by atoms with Crippen LogP contribution in [-0.2, 0) is 11.0 Å². The van der Waals surface area contributed by atoms with Crippen molar-refractivity contribution in [1.29, 1.82) is 0 Å². The average molecular weight is 353 g/mol. The standard InChI is InChI=1S/C22H28NOP/c1-5-23(6-2)25(24,21-14-10-7-11-17(21)3)22-18(4)15-16-19-12-8-9-13-20(19)22/h7-15,22H,5-6,16H2,1-4H3. The van der Waals surface area contributed by atoms with Gasteiger partial charge < -0.3 is 4.57 Å². The van der Waals surface area contributed by atoms with Crippen molar-refractivity contribution in [3.05, 3.63) is 76.9 Å². The van der Waals surface area contributed by atoms with Gasteiger partial charge in [0.25, 0.3) is 0 Å². The van der Waals surface area contributed by atoms with Crippen molar-refractivity contribution >= 4 is 12.6 Å². The Morgan fingerprint density at radius 1 is 1.00 bits per heavy atom. The van der Waals surface area contributed by atoms with Gasteiger partial charge >= 0.3 is 0 Å². The molecule has 1 aliphatic rings. The topological polar surface area (TPSA) is 20.3 Å². The molecule has 3 heteroatoms. The van der Waals surface area contributed by atoms with Crippen molar-refractivity contribution in [3.8, 4) is 0 Å².